The van der Waals surface area contributed by atoms with Crippen molar-refractivity contribution in [3.63, 3.8) is 0 Å². The van der Waals surface area contributed by atoms with E-state index in [1.807, 2.05) is 19.9 Å². The van der Waals surface area contributed by atoms with Gasteiger partial charge in [0.2, 0.25) is 12.7 Å². The molecule has 120 valence electrons. The minimum absolute atomic E-state index is 0.0137. The molecule has 0 aliphatic carbocycles. The number of nitrogens with two attached hydrogens (primary N) is 1. The second kappa shape index (κ2) is 5.98. The lowest BCUT2D eigenvalue weighted by Gasteiger charge is -2.15. The van der Waals surface area contributed by atoms with Crippen molar-refractivity contribution in [3.8, 4) is 40.6 Å². The molecule has 24 heavy (non-hydrogen) atoms. The van der Waals surface area contributed by atoms with Crippen LogP contribution in [0.5, 0.6) is 17.4 Å². The molecule has 0 unspecified atom stereocenters. The monoisotopic (exact) mass is 322 g/mol. The summed E-state index contributed by atoms with van der Waals surface area (Å²) >= 11 is 0. The van der Waals surface area contributed by atoms with Crippen molar-refractivity contribution >= 4 is 5.82 Å². The normalized spacial score (nSPS) is 11.9. The zero-order chi connectivity index (χ0) is 17.3. The molecule has 0 saturated carbocycles. The van der Waals surface area contributed by atoms with Crippen LogP contribution in [0.15, 0.2) is 18.2 Å². The average molecular weight is 322 g/mol. The topological polar surface area (TPSA) is 114 Å². The number of anilines is 1. The average Bonchev–Trinajstić information content (AvgIpc) is 3.01. The zero-order valence-corrected chi connectivity index (χ0v) is 13.2. The number of ether oxygens (including phenoxy) is 3. The lowest BCUT2D eigenvalue weighted by Crippen LogP contribution is -2.11. The molecule has 0 atom stereocenters. The van der Waals surface area contributed by atoms with Crippen LogP contribution >= 0.6 is 0 Å². The van der Waals surface area contributed by atoms with Crippen LogP contribution in [0.25, 0.3) is 11.1 Å². The summed E-state index contributed by atoms with van der Waals surface area (Å²) in [5.74, 6) is 1.27. The smallest absolute Gasteiger partial charge is 0.234 e. The van der Waals surface area contributed by atoms with E-state index in [1.54, 1.807) is 18.2 Å². The minimum Gasteiger partial charge on any atom is -0.474 e. The third-order valence-corrected chi connectivity index (χ3v) is 3.42. The maximum atomic E-state index is 9.60. The van der Waals surface area contributed by atoms with Crippen molar-refractivity contribution in [1.29, 1.82) is 10.5 Å². The quantitative estimate of drug-likeness (QED) is 0.923. The number of aromatic nitrogens is 1. The third kappa shape index (κ3) is 2.53. The van der Waals surface area contributed by atoms with Gasteiger partial charge in [-0.1, -0.05) is 6.07 Å². The van der Waals surface area contributed by atoms with Crippen LogP contribution in [0.2, 0.25) is 0 Å². The van der Waals surface area contributed by atoms with Gasteiger partial charge in [-0.2, -0.15) is 15.5 Å². The Balaban J connectivity index is 2.27. The third-order valence-electron chi connectivity index (χ3n) is 3.42. The Morgan fingerprint density at radius 1 is 1.17 bits per heavy atom. The second-order valence-corrected chi connectivity index (χ2v) is 5.39. The van der Waals surface area contributed by atoms with Crippen molar-refractivity contribution in [2.45, 2.75) is 20.0 Å². The molecule has 0 radical (unpaired) electrons. The highest BCUT2D eigenvalue weighted by atomic mass is 16.7. The SMILES string of the molecule is CC(C)Oc1nc(N)c(C#N)c(-c2ccc3c(c2)OCO3)c1C#N. The van der Waals surface area contributed by atoms with Crippen LogP contribution < -0.4 is 19.9 Å². The van der Waals surface area contributed by atoms with E-state index in [4.69, 9.17) is 19.9 Å². The van der Waals surface area contributed by atoms with Gasteiger partial charge in [-0.15, -0.1) is 0 Å². The number of nitrogen functional groups attached to an aromatic ring is 1. The summed E-state index contributed by atoms with van der Waals surface area (Å²) in [5.41, 5.74) is 7.17. The summed E-state index contributed by atoms with van der Waals surface area (Å²) < 4.78 is 16.2. The first-order valence-corrected chi connectivity index (χ1v) is 7.25. The van der Waals surface area contributed by atoms with Gasteiger partial charge in [0.25, 0.3) is 0 Å². The summed E-state index contributed by atoms with van der Waals surface area (Å²) in [7, 11) is 0. The van der Waals surface area contributed by atoms with Gasteiger partial charge in [-0.05, 0) is 31.5 Å². The van der Waals surface area contributed by atoms with Crippen molar-refractivity contribution in [2.24, 2.45) is 0 Å². The summed E-state index contributed by atoms with van der Waals surface area (Å²) in [4.78, 5) is 4.07. The molecule has 0 bridgehead atoms. The molecule has 7 nitrogen and oxygen atoms in total. The van der Waals surface area contributed by atoms with Crippen LogP contribution in [-0.4, -0.2) is 17.9 Å². The van der Waals surface area contributed by atoms with Crippen LogP contribution in [0.3, 0.4) is 0 Å². The fourth-order valence-corrected chi connectivity index (χ4v) is 2.45. The number of nitriles is 2. The molecule has 0 saturated heterocycles. The zero-order valence-electron chi connectivity index (χ0n) is 13.2. The highest BCUT2D eigenvalue weighted by Gasteiger charge is 2.23. The van der Waals surface area contributed by atoms with Gasteiger partial charge in [0.1, 0.15) is 29.1 Å². The predicted octanol–water partition coefficient (Wildman–Crippen LogP) is 2.59. The van der Waals surface area contributed by atoms with E-state index in [9.17, 15) is 10.5 Å². The summed E-state index contributed by atoms with van der Waals surface area (Å²) in [6.07, 6.45) is -0.193. The molecule has 1 aromatic carbocycles. The molecule has 2 N–H and O–H groups in total. The van der Waals surface area contributed by atoms with Gasteiger partial charge in [0, 0.05) is 5.56 Å². The number of nitrogens with zero attached hydrogens (tertiary/aromatic N) is 3. The van der Waals surface area contributed by atoms with E-state index < -0.39 is 0 Å². The van der Waals surface area contributed by atoms with Gasteiger partial charge >= 0.3 is 0 Å². The van der Waals surface area contributed by atoms with Gasteiger partial charge in [0.15, 0.2) is 11.5 Å². The van der Waals surface area contributed by atoms with Gasteiger partial charge in [0.05, 0.1) is 6.10 Å². The molecule has 0 spiro atoms. The Kier molecular flexibility index (Phi) is 3.85. The Labute approximate surface area is 138 Å². The number of benzene rings is 1. The Morgan fingerprint density at radius 2 is 1.88 bits per heavy atom. The van der Waals surface area contributed by atoms with Crippen LogP contribution in [0.4, 0.5) is 5.82 Å². The first kappa shape index (κ1) is 15.4. The van der Waals surface area contributed by atoms with Gasteiger partial charge in [-0.3, -0.25) is 0 Å². The molecule has 1 aliphatic heterocycles. The molecular weight excluding hydrogens is 308 g/mol. The number of pyridine rings is 1. The lowest BCUT2D eigenvalue weighted by atomic mass is 9.96. The molecule has 1 aliphatic rings. The van der Waals surface area contributed by atoms with Gasteiger partial charge < -0.3 is 19.9 Å². The first-order chi connectivity index (χ1) is 11.5. The van der Waals surface area contributed by atoms with E-state index in [0.717, 1.165) is 0 Å². The fourth-order valence-electron chi connectivity index (χ4n) is 2.45. The summed E-state index contributed by atoms with van der Waals surface area (Å²) in [5, 5.41) is 19.1. The highest BCUT2D eigenvalue weighted by Crippen LogP contribution is 2.40. The fraction of sp³-hybridized carbons (Fsp3) is 0.235. The van der Waals surface area contributed by atoms with Crippen molar-refractivity contribution in [3.05, 3.63) is 29.3 Å². The molecule has 7 heteroatoms. The van der Waals surface area contributed by atoms with Crippen molar-refractivity contribution < 1.29 is 14.2 Å². The molecule has 0 amide bonds. The van der Waals surface area contributed by atoms with Crippen molar-refractivity contribution in [2.75, 3.05) is 12.5 Å². The Morgan fingerprint density at radius 3 is 2.54 bits per heavy atom. The molecule has 2 heterocycles. The first-order valence-electron chi connectivity index (χ1n) is 7.25. The maximum absolute atomic E-state index is 9.60. The maximum Gasteiger partial charge on any atom is 0.234 e. The second-order valence-electron chi connectivity index (χ2n) is 5.39. The largest absolute Gasteiger partial charge is 0.474 e. The van der Waals surface area contributed by atoms with Crippen LogP contribution in [0, 0.1) is 22.7 Å². The standard InChI is InChI=1S/C17H14N4O3/c1-9(2)24-17-12(7-19)15(11(6-18)16(20)21-17)10-3-4-13-14(5-10)23-8-22-13/h3-5,9H,8H2,1-2H3,(H2,20,21). The van der Waals surface area contributed by atoms with Gasteiger partial charge in [-0.25, -0.2) is 0 Å². The van der Waals surface area contributed by atoms with Crippen LogP contribution in [-0.2, 0) is 0 Å². The minimum atomic E-state index is -0.193. The molecule has 3 rings (SSSR count). The molecule has 2 aromatic rings. The van der Waals surface area contributed by atoms with E-state index in [0.29, 0.717) is 22.6 Å². The van der Waals surface area contributed by atoms with E-state index in [-0.39, 0.29) is 35.7 Å². The van der Waals surface area contributed by atoms with Crippen LogP contribution in [0.1, 0.15) is 25.0 Å². The summed E-state index contributed by atoms with van der Waals surface area (Å²) in [6.45, 7) is 3.77. The Bertz CT molecular complexity index is 894. The number of rotatable bonds is 3. The lowest BCUT2D eigenvalue weighted by molar-refractivity contribution is 0.174. The van der Waals surface area contributed by atoms with E-state index in [2.05, 4.69) is 11.1 Å². The van der Waals surface area contributed by atoms with Crippen molar-refractivity contribution in [1.82, 2.24) is 4.98 Å². The predicted molar refractivity (Wildman–Crippen MR) is 85.4 cm³/mol. The number of hydrogen-bond acceptors (Lipinski definition) is 7. The number of fused-ring (bicyclic) bond motifs is 1. The molecule has 0 fully saturated rings. The highest BCUT2D eigenvalue weighted by molar-refractivity contribution is 5.83. The molecular formula is C17H14N4O3. The number of hydrogen-bond donors (Lipinski definition) is 1. The van der Waals surface area contributed by atoms with E-state index >= 15 is 0 Å². The Hall–Kier alpha value is -3.45. The van der Waals surface area contributed by atoms with E-state index in [1.165, 1.54) is 0 Å². The molecule has 1 aromatic heterocycles. The summed E-state index contributed by atoms with van der Waals surface area (Å²) in [6, 6.07) is 9.26.